The van der Waals surface area contributed by atoms with Gasteiger partial charge in [0.1, 0.15) is 11.5 Å². The van der Waals surface area contributed by atoms with E-state index in [4.69, 9.17) is 9.15 Å². The highest BCUT2D eigenvalue weighted by atomic mass is 16.5. The molecule has 0 spiro atoms. The first kappa shape index (κ1) is 16.4. The predicted molar refractivity (Wildman–Crippen MR) is 92.2 cm³/mol. The molecule has 6 nitrogen and oxygen atoms in total. The predicted octanol–water partition coefficient (Wildman–Crippen LogP) is 1.73. The lowest BCUT2D eigenvalue weighted by molar-refractivity contribution is -0.122. The zero-order valence-electron chi connectivity index (χ0n) is 13.9. The van der Waals surface area contributed by atoms with Crippen LogP contribution in [-0.2, 0) is 11.3 Å². The number of rotatable bonds is 6. The normalized spacial score (nSPS) is 15.3. The van der Waals surface area contributed by atoms with Crippen LogP contribution in [0.4, 0.5) is 5.69 Å². The molecule has 24 heavy (non-hydrogen) atoms. The third-order valence-corrected chi connectivity index (χ3v) is 4.22. The lowest BCUT2D eigenvalue weighted by atomic mass is 10.2. The van der Waals surface area contributed by atoms with Gasteiger partial charge in [-0.05, 0) is 36.4 Å². The van der Waals surface area contributed by atoms with Crippen LogP contribution in [0.15, 0.2) is 47.1 Å². The molecule has 0 radical (unpaired) electrons. The summed E-state index contributed by atoms with van der Waals surface area (Å²) >= 11 is 0. The monoisotopic (exact) mass is 329 g/mol. The van der Waals surface area contributed by atoms with Crippen LogP contribution in [0.2, 0.25) is 0 Å². The number of benzene rings is 1. The molecule has 1 N–H and O–H groups in total. The summed E-state index contributed by atoms with van der Waals surface area (Å²) in [5, 5.41) is 2.89. The first-order chi connectivity index (χ1) is 11.7. The van der Waals surface area contributed by atoms with Gasteiger partial charge in [-0.3, -0.25) is 9.69 Å². The van der Waals surface area contributed by atoms with Gasteiger partial charge in [0.15, 0.2) is 0 Å². The molecule has 1 aliphatic heterocycles. The number of piperazine rings is 1. The van der Waals surface area contributed by atoms with E-state index in [2.05, 4.69) is 27.2 Å². The van der Waals surface area contributed by atoms with Gasteiger partial charge in [-0.25, -0.2) is 0 Å². The van der Waals surface area contributed by atoms with Crippen LogP contribution in [0.1, 0.15) is 5.76 Å². The molecule has 1 aromatic heterocycles. The van der Waals surface area contributed by atoms with Crippen molar-refractivity contribution in [1.82, 2.24) is 10.2 Å². The molecule has 1 aromatic carbocycles. The van der Waals surface area contributed by atoms with Gasteiger partial charge in [-0.2, -0.15) is 0 Å². The van der Waals surface area contributed by atoms with Gasteiger partial charge in [0.25, 0.3) is 0 Å². The van der Waals surface area contributed by atoms with Crippen molar-refractivity contribution in [2.45, 2.75) is 6.54 Å². The van der Waals surface area contributed by atoms with Crippen LogP contribution < -0.4 is 15.0 Å². The minimum absolute atomic E-state index is 0.0318. The molecule has 2 aromatic rings. The van der Waals surface area contributed by atoms with Crippen molar-refractivity contribution >= 4 is 11.6 Å². The molecule has 0 saturated carbocycles. The van der Waals surface area contributed by atoms with Crippen LogP contribution in [0.3, 0.4) is 0 Å². The average molecular weight is 329 g/mol. The maximum Gasteiger partial charge on any atom is 0.234 e. The van der Waals surface area contributed by atoms with E-state index in [1.165, 1.54) is 5.69 Å². The molecule has 6 heteroatoms. The summed E-state index contributed by atoms with van der Waals surface area (Å²) in [6.45, 7) is 4.45. The van der Waals surface area contributed by atoms with Crippen molar-refractivity contribution in [3.63, 3.8) is 0 Å². The molecule has 128 valence electrons. The van der Waals surface area contributed by atoms with Crippen molar-refractivity contribution < 1.29 is 13.9 Å². The third-order valence-electron chi connectivity index (χ3n) is 4.22. The van der Waals surface area contributed by atoms with Crippen molar-refractivity contribution in [3.05, 3.63) is 48.4 Å². The Balaban J connectivity index is 1.42. The maximum absolute atomic E-state index is 12.0. The fraction of sp³-hybridized carbons (Fsp3) is 0.389. The fourth-order valence-corrected chi connectivity index (χ4v) is 2.82. The Morgan fingerprint density at radius 3 is 2.54 bits per heavy atom. The van der Waals surface area contributed by atoms with Gasteiger partial charge in [-0.1, -0.05) is 0 Å². The first-order valence-electron chi connectivity index (χ1n) is 8.15. The molecular formula is C18H23N3O3. The van der Waals surface area contributed by atoms with Crippen LogP contribution in [-0.4, -0.2) is 50.6 Å². The quantitative estimate of drug-likeness (QED) is 0.875. The van der Waals surface area contributed by atoms with Crippen molar-refractivity contribution in [2.75, 3.05) is 44.7 Å². The van der Waals surface area contributed by atoms with Crippen LogP contribution in [0, 0.1) is 0 Å². The minimum atomic E-state index is 0.0318. The lowest BCUT2D eigenvalue weighted by Gasteiger charge is -2.35. The van der Waals surface area contributed by atoms with Gasteiger partial charge in [0.05, 0.1) is 26.5 Å². The third kappa shape index (κ3) is 4.29. The van der Waals surface area contributed by atoms with Crippen LogP contribution in [0.5, 0.6) is 5.75 Å². The molecule has 0 bridgehead atoms. The lowest BCUT2D eigenvalue weighted by Crippen LogP contribution is -2.49. The number of hydrogen-bond donors (Lipinski definition) is 1. The number of anilines is 1. The average Bonchev–Trinajstić information content (AvgIpc) is 3.14. The van der Waals surface area contributed by atoms with Gasteiger partial charge in [0.2, 0.25) is 5.91 Å². The fourth-order valence-electron chi connectivity index (χ4n) is 2.82. The molecule has 1 saturated heterocycles. The maximum atomic E-state index is 12.0. The van der Waals surface area contributed by atoms with E-state index in [9.17, 15) is 4.79 Å². The number of carbonyl (C=O) groups is 1. The summed E-state index contributed by atoms with van der Waals surface area (Å²) in [5.74, 6) is 1.67. The number of ether oxygens (including phenoxy) is 1. The Kier molecular flexibility index (Phi) is 5.38. The van der Waals surface area contributed by atoms with E-state index in [0.717, 1.165) is 37.7 Å². The second-order valence-electron chi connectivity index (χ2n) is 5.82. The van der Waals surface area contributed by atoms with E-state index >= 15 is 0 Å². The Morgan fingerprint density at radius 2 is 1.92 bits per heavy atom. The van der Waals surface area contributed by atoms with Crippen LogP contribution in [0.25, 0.3) is 0 Å². The summed E-state index contributed by atoms with van der Waals surface area (Å²) < 4.78 is 10.4. The SMILES string of the molecule is COc1ccc(N2CCN(CC(=O)NCc3ccco3)CC2)cc1. The molecular weight excluding hydrogens is 306 g/mol. The molecule has 0 atom stereocenters. The van der Waals surface area contributed by atoms with Crippen molar-refractivity contribution in [3.8, 4) is 5.75 Å². The summed E-state index contributed by atoms with van der Waals surface area (Å²) in [4.78, 5) is 16.5. The number of nitrogens with one attached hydrogen (secondary N) is 1. The van der Waals surface area contributed by atoms with Gasteiger partial charge in [-0.15, -0.1) is 0 Å². The zero-order chi connectivity index (χ0) is 16.8. The highest BCUT2D eigenvalue weighted by Gasteiger charge is 2.19. The summed E-state index contributed by atoms with van der Waals surface area (Å²) in [7, 11) is 1.67. The highest BCUT2D eigenvalue weighted by Crippen LogP contribution is 2.20. The van der Waals surface area contributed by atoms with Crippen molar-refractivity contribution in [2.24, 2.45) is 0 Å². The number of amides is 1. The number of furan rings is 1. The van der Waals surface area contributed by atoms with E-state index < -0.39 is 0 Å². The number of nitrogens with zero attached hydrogens (tertiary/aromatic N) is 2. The minimum Gasteiger partial charge on any atom is -0.497 e. The summed E-state index contributed by atoms with van der Waals surface area (Å²) in [6, 6.07) is 11.8. The molecule has 0 unspecified atom stereocenters. The number of carbonyl (C=O) groups excluding carboxylic acids is 1. The largest absolute Gasteiger partial charge is 0.497 e. The van der Waals surface area contributed by atoms with Gasteiger partial charge >= 0.3 is 0 Å². The first-order valence-corrected chi connectivity index (χ1v) is 8.15. The molecule has 3 rings (SSSR count). The molecule has 0 aliphatic carbocycles. The Morgan fingerprint density at radius 1 is 1.17 bits per heavy atom. The zero-order valence-corrected chi connectivity index (χ0v) is 13.9. The Labute approximate surface area is 142 Å². The second-order valence-corrected chi connectivity index (χ2v) is 5.82. The summed E-state index contributed by atoms with van der Waals surface area (Å²) in [6.07, 6.45) is 1.61. The van der Waals surface area contributed by atoms with Gasteiger partial charge in [0, 0.05) is 31.9 Å². The number of methoxy groups -OCH3 is 1. The van der Waals surface area contributed by atoms with E-state index in [1.54, 1.807) is 13.4 Å². The Bertz CT molecular complexity index is 632. The highest BCUT2D eigenvalue weighted by molar-refractivity contribution is 5.78. The second kappa shape index (κ2) is 7.88. The van der Waals surface area contributed by atoms with Crippen LogP contribution >= 0.6 is 0 Å². The Hall–Kier alpha value is -2.47. The van der Waals surface area contributed by atoms with Gasteiger partial charge < -0.3 is 19.4 Å². The summed E-state index contributed by atoms with van der Waals surface area (Å²) in [5.41, 5.74) is 1.19. The molecule has 1 fully saturated rings. The van der Waals surface area contributed by atoms with E-state index in [1.807, 2.05) is 24.3 Å². The van der Waals surface area contributed by atoms with E-state index in [-0.39, 0.29) is 5.91 Å². The molecule has 1 amide bonds. The smallest absolute Gasteiger partial charge is 0.234 e. The van der Waals surface area contributed by atoms with Crippen molar-refractivity contribution in [1.29, 1.82) is 0 Å². The standard InChI is InChI=1S/C18H23N3O3/c1-23-16-6-4-15(5-7-16)21-10-8-20(9-11-21)14-18(22)19-13-17-3-2-12-24-17/h2-7,12H,8-11,13-14H2,1H3,(H,19,22). The molecule has 2 heterocycles. The number of hydrogen-bond acceptors (Lipinski definition) is 5. The molecule has 1 aliphatic rings. The van der Waals surface area contributed by atoms with E-state index in [0.29, 0.717) is 13.1 Å². The topological polar surface area (TPSA) is 58.0 Å².